The van der Waals surface area contributed by atoms with Crippen LogP contribution in [0.3, 0.4) is 0 Å². The van der Waals surface area contributed by atoms with Gasteiger partial charge in [-0.1, -0.05) is 0 Å². The summed E-state index contributed by atoms with van der Waals surface area (Å²) >= 11 is 3.20. The molecule has 4 heterocycles. The molecule has 10 N–H and O–H groups in total. The molecule has 4 aliphatic heterocycles. The molecule has 0 radical (unpaired) electrons. The lowest BCUT2D eigenvalue weighted by Crippen LogP contribution is -2.72. The highest BCUT2D eigenvalue weighted by atomic mass is 32.2. The molecule has 5 atom stereocenters. The van der Waals surface area contributed by atoms with E-state index in [4.69, 9.17) is 21.3 Å². The van der Waals surface area contributed by atoms with Gasteiger partial charge in [0.25, 0.3) is 11.8 Å². The topological polar surface area (TPSA) is 291 Å². The van der Waals surface area contributed by atoms with Crippen LogP contribution in [0, 0.1) is 0 Å². The molecule has 0 aromatic carbocycles. The zero-order chi connectivity index (χ0) is 31.6. The van der Waals surface area contributed by atoms with Gasteiger partial charge in [0.05, 0.1) is 6.42 Å². The third-order valence-corrected chi connectivity index (χ3v) is 9.60. The molecular formula is C20H26N10O10S3. The molecule has 4 rings (SSSR count). The Morgan fingerprint density at radius 3 is 2.58 bits per heavy atom. The highest BCUT2D eigenvalue weighted by molar-refractivity contribution is 8.12. The Kier molecular flexibility index (Phi) is 9.91. The number of carbonyl (C=O) groups excluding carboxylic acids is 5. The first kappa shape index (κ1) is 32.2. The molecular weight excluding hydrogens is 636 g/mol. The zero-order valence-corrected chi connectivity index (χ0v) is 24.5. The van der Waals surface area contributed by atoms with E-state index in [0.717, 1.165) is 28.6 Å². The van der Waals surface area contributed by atoms with Crippen molar-refractivity contribution >= 4 is 82.3 Å². The van der Waals surface area contributed by atoms with Crippen LogP contribution in [0.5, 0.6) is 0 Å². The Labute approximate surface area is 254 Å². The monoisotopic (exact) mass is 662 g/mol. The van der Waals surface area contributed by atoms with E-state index in [1.54, 1.807) is 0 Å². The summed E-state index contributed by atoms with van der Waals surface area (Å²) in [5.41, 5.74) is 13.2. The number of aliphatic carboxylic acids is 1. The Balaban J connectivity index is 1.45. The summed E-state index contributed by atoms with van der Waals surface area (Å²) < 4.78 is 6.26. The Hall–Kier alpha value is -3.77. The number of amidine groups is 1. The van der Waals surface area contributed by atoms with Gasteiger partial charge < -0.3 is 42.4 Å². The van der Waals surface area contributed by atoms with Gasteiger partial charge in [0.2, 0.25) is 11.8 Å². The number of nitrogens with two attached hydrogens (primary N) is 2. The van der Waals surface area contributed by atoms with Crippen LogP contribution in [0.4, 0.5) is 4.79 Å². The van der Waals surface area contributed by atoms with E-state index in [9.17, 15) is 38.7 Å². The molecule has 43 heavy (non-hydrogen) atoms. The number of carbonyl (C=O) groups is 7. The quantitative estimate of drug-likeness (QED) is 0.0451. The highest BCUT2D eigenvalue weighted by Crippen LogP contribution is 2.42. The largest absolute Gasteiger partial charge is 0.512 e. The molecule has 0 saturated carbocycles. The summed E-state index contributed by atoms with van der Waals surface area (Å²) in [6.45, 7) is -0.0938. The normalized spacial score (nSPS) is 25.4. The minimum absolute atomic E-state index is 0.0938. The second-order valence-electron chi connectivity index (χ2n) is 9.13. The molecule has 0 aromatic rings. The Bertz CT molecular complexity index is 1310. The molecule has 23 heteroatoms. The molecule has 0 spiro atoms. The molecule has 234 valence electrons. The molecule has 1 unspecified atom stereocenters. The van der Waals surface area contributed by atoms with Crippen molar-refractivity contribution in [2.45, 2.75) is 35.5 Å². The lowest BCUT2D eigenvalue weighted by Gasteiger charge is -2.49. The van der Waals surface area contributed by atoms with Crippen molar-refractivity contribution in [3.63, 3.8) is 0 Å². The standard InChI is InChI=1S/C20H26N10O10S3/c1-28-19(26-12(33)13(34)27-28)42-4-6-3-41-16-9(14(35)30(16)15(6)40-20(38)39)25-11(32)10(29-5-23-18(22)43-29)24-8(31)2-7(21)17(36)37/h7,9-10,16,19H,2-5,21H2,1H3,(H2,22,23)(H,24,31)(H,25,32)(H,26,33)(H,27,34)(H,36,37)(H,38,39)/t7-,9-,10+,16+,19?/m1/s1. The van der Waals surface area contributed by atoms with Gasteiger partial charge in [0.1, 0.15) is 29.6 Å². The first-order valence-electron chi connectivity index (χ1n) is 12.1. The summed E-state index contributed by atoms with van der Waals surface area (Å²) in [6, 6.07) is -2.65. The number of thioether (sulfide) groups is 2. The number of nitrogens with one attached hydrogen (secondary N) is 4. The van der Waals surface area contributed by atoms with Gasteiger partial charge in [-0.05, 0) is 0 Å². The Morgan fingerprint density at radius 2 is 1.95 bits per heavy atom. The fourth-order valence-corrected chi connectivity index (χ4v) is 7.27. The molecule has 20 nitrogen and oxygen atoms in total. The number of amides is 5. The maximum Gasteiger partial charge on any atom is 0.512 e. The number of carboxylic acid groups (broad SMARTS) is 2. The third kappa shape index (κ3) is 7.24. The fraction of sp³-hybridized carbons (Fsp3) is 0.500. The average Bonchev–Trinajstić information content (AvgIpc) is 3.36. The number of fused-ring (bicyclic) bond motifs is 1. The molecule has 0 aromatic heterocycles. The van der Waals surface area contributed by atoms with E-state index in [2.05, 4.69) is 26.4 Å². The van der Waals surface area contributed by atoms with Gasteiger partial charge in [-0.25, -0.2) is 9.79 Å². The van der Waals surface area contributed by atoms with E-state index in [0.29, 0.717) is 5.57 Å². The molecule has 4 aliphatic rings. The summed E-state index contributed by atoms with van der Waals surface area (Å²) in [6.07, 6.45) is -3.72. The zero-order valence-electron chi connectivity index (χ0n) is 22.0. The number of hydrogen-bond acceptors (Lipinski definition) is 16. The van der Waals surface area contributed by atoms with Gasteiger partial charge in [-0.3, -0.25) is 39.1 Å². The molecule has 2 fully saturated rings. The number of nitrogens with zero attached hydrogens (tertiary/aromatic N) is 4. The predicted octanol–water partition coefficient (Wildman–Crippen LogP) is -4.12. The minimum atomic E-state index is -1.68. The lowest BCUT2D eigenvalue weighted by atomic mass is 10.1. The van der Waals surface area contributed by atoms with Crippen LogP contribution in [0.25, 0.3) is 0 Å². The predicted molar refractivity (Wildman–Crippen MR) is 150 cm³/mol. The smallest absolute Gasteiger partial charge is 0.480 e. The van der Waals surface area contributed by atoms with Crippen molar-refractivity contribution in [1.29, 1.82) is 0 Å². The first-order valence-corrected chi connectivity index (χ1v) is 15.0. The van der Waals surface area contributed by atoms with Crippen molar-refractivity contribution in [3.05, 3.63) is 11.5 Å². The highest BCUT2D eigenvalue weighted by Gasteiger charge is 2.55. The van der Waals surface area contributed by atoms with Crippen molar-refractivity contribution in [3.8, 4) is 0 Å². The second kappa shape index (κ2) is 13.3. The molecule has 0 aliphatic carbocycles. The van der Waals surface area contributed by atoms with E-state index >= 15 is 0 Å². The van der Waals surface area contributed by atoms with Crippen molar-refractivity contribution < 1.29 is 48.5 Å². The van der Waals surface area contributed by atoms with Crippen LogP contribution in [-0.2, 0) is 33.5 Å². The third-order valence-electron chi connectivity index (χ3n) is 6.11. The van der Waals surface area contributed by atoms with Gasteiger partial charge in [-0.15, -0.1) is 23.5 Å². The van der Waals surface area contributed by atoms with Crippen LogP contribution in [0.2, 0.25) is 0 Å². The minimum Gasteiger partial charge on any atom is -0.480 e. The SMILES string of the molecule is CN1NC(=O)C(=O)NC1SCC1=C(OC(=O)O)N2C(=O)[C@@H](NC(=O)[C@@H](NC(=O)C[C@@H](N)C(=O)O)N3CN=C(N)S3)[C@@H]2SC1. The number of hydrogen-bond donors (Lipinski definition) is 8. The van der Waals surface area contributed by atoms with Gasteiger partial charge in [0.15, 0.2) is 11.3 Å². The summed E-state index contributed by atoms with van der Waals surface area (Å²) in [4.78, 5) is 89.7. The first-order chi connectivity index (χ1) is 20.3. The number of β-lactam (4-membered cyclic amide) rings is 1. The van der Waals surface area contributed by atoms with Crippen molar-refractivity contribution in [1.82, 2.24) is 35.6 Å². The van der Waals surface area contributed by atoms with Crippen molar-refractivity contribution in [2.24, 2.45) is 16.5 Å². The second-order valence-corrected chi connectivity index (χ2v) is 12.4. The summed E-state index contributed by atoms with van der Waals surface area (Å²) in [7, 11) is 1.52. The Morgan fingerprint density at radius 1 is 1.23 bits per heavy atom. The van der Waals surface area contributed by atoms with Crippen LogP contribution in [0.1, 0.15) is 6.42 Å². The lowest BCUT2D eigenvalue weighted by molar-refractivity contribution is -0.150. The molecule has 5 amide bonds. The number of rotatable bonds is 11. The number of ether oxygens (including phenoxy) is 1. The number of aliphatic imine (C=N–C) groups is 1. The van der Waals surface area contributed by atoms with Crippen molar-refractivity contribution in [2.75, 3.05) is 25.2 Å². The van der Waals surface area contributed by atoms with Gasteiger partial charge >= 0.3 is 23.9 Å². The fourth-order valence-electron chi connectivity index (χ4n) is 4.04. The summed E-state index contributed by atoms with van der Waals surface area (Å²) in [5.74, 6) is -5.42. The summed E-state index contributed by atoms with van der Waals surface area (Å²) in [5, 5.41) is 26.4. The van der Waals surface area contributed by atoms with Gasteiger partial charge in [0, 0.05) is 36.1 Å². The van der Waals surface area contributed by atoms with Crippen LogP contribution < -0.4 is 32.8 Å². The van der Waals surface area contributed by atoms with E-state index in [1.807, 2.05) is 0 Å². The average molecular weight is 663 g/mol. The molecule has 0 bridgehead atoms. The molecule has 2 saturated heterocycles. The van der Waals surface area contributed by atoms with Crippen LogP contribution in [-0.4, -0.2) is 126 Å². The maximum absolute atomic E-state index is 13.3. The van der Waals surface area contributed by atoms with Crippen LogP contribution in [0.15, 0.2) is 16.4 Å². The van der Waals surface area contributed by atoms with E-state index < -0.39 is 77.2 Å². The van der Waals surface area contributed by atoms with E-state index in [-0.39, 0.29) is 29.2 Å². The maximum atomic E-state index is 13.3. The van der Waals surface area contributed by atoms with E-state index in [1.165, 1.54) is 28.1 Å². The number of hydrazine groups is 1. The van der Waals surface area contributed by atoms with Crippen LogP contribution >= 0.6 is 35.5 Å². The van der Waals surface area contributed by atoms with Gasteiger partial charge in [-0.2, -0.15) is 9.31 Å². The number of carboxylic acids is 1.